The summed E-state index contributed by atoms with van der Waals surface area (Å²) in [6.45, 7) is 4.37. The second-order valence-electron chi connectivity index (χ2n) is 12.8. The highest BCUT2D eigenvalue weighted by molar-refractivity contribution is 6.09. The van der Waals surface area contributed by atoms with Crippen molar-refractivity contribution in [2.24, 2.45) is 5.92 Å². The van der Waals surface area contributed by atoms with Gasteiger partial charge in [0.1, 0.15) is 11.5 Å². The van der Waals surface area contributed by atoms with Gasteiger partial charge in [-0.3, -0.25) is 28.8 Å². The molecule has 0 aliphatic rings. The lowest BCUT2D eigenvalue weighted by molar-refractivity contribution is -0.119. The number of nitriles is 1. The van der Waals surface area contributed by atoms with Gasteiger partial charge in [0.15, 0.2) is 17.3 Å². The van der Waals surface area contributed by atoms with Crippen molar-refractivity contribution >= 4 is 52.1 Å². The largest absolute Gasteiger partial charge is 0.507 e. The molecule has 55 heavy (non-hydrogen) atoms. The Morgan fingerprint density at radius 3 is 1.87 bits per heavy atom. The molecule has 5 rings (SSSR count). The number of nitrogens with zero attached hydrogens (tertiary/aromatic N) is 1. The molecule has 278 valence electrons. The Balaban J connectivity index is 1.17. The molecular formula is C42H36N4O9. The second kappa shape index (κ2) is 17.0. The van der Waals surface area contributed by atoms with Crippen molar-refractivity contribution in [1.82, 2.24) is 0 Å². The number of Topliss-reactive ketones (excluding diaryl/α,β-unsaturated/α-hetero) is 3. The monoisotopic (exact) mass is 740 g/mol. The zero-order chi connectivity index (χ0) is 39.8. The number of rotatable bonds is 14. The third kappa shape index (κ3) is 9.19. The highest BCUT2D eigenvalue weighted by atomic mass is 16.3. The number of phenolic OH excluding ortho intramolecular Hbond substituents is 2. The van der Waals surface area contributed by atoms with Crippen LogP contribution in [0.25, 0.3) is 0 Å². The minimum absolute atomic E-state index is 0.0887. The number of furan rings is 1. The molecular weight excluding hydrogens is 704 g/mol. The summed E-state index contributed by atoms with van der Waals surface area (Å²) in [6, 6.07) is 23.1. The summed E-state index contributed by atoms with van der Waals surface area (Å²) < 4.78 is 5.13. The number of hydrogen-bond donors (Lipinski definition) is 5. The van der Waals surface area contributed by atoms with Crippen LogP contribution in [-0.4, -0.2) is 45.3 Å². The summed E-state index contributed by atoms with van der Waals surface area (Å²) in [4.78, 5) is 76.3. The summed E-state index contributed by atoms with van der Waals surface area (Å²) >= 11 is 0. The van der Waals surface area contributed by atoms with Gasteiger partial charge in [-0.05, 0) is 87.0 Å². The Morgan fingerprint density at radius 1 is 0.709 bits per heavy atom. The Hall–Kier alpha value is -7.33. The molecule has 0 saturated carbocycles. The molecule has 0 spiro atoms. The van der Waals surface area contributed by atoms with Gasteiger partial charge in [-0.15, -0.1) is 0 Å². The van der Waals surface area contributed by atoms with E-state index in [1.165, 1.54) is 75.6 Å². The molecule has 0 bridgehead atoms. The topological polar surface area (TPSA) is 216 Å². The van der Waals surface area contributed by atoms with E-state index in [2.05, 4.69) is 16.0 Å². The normalized spacial score (nSPS) is 11.2. The number of hydrogen-bond acceptors (Lipinski definition) is 10. The number of nitrogens with one attached hydrogen (secondary N) is 3. The molecule has 1 heterocycles. The predicted molar refractivity (Wildman–Crippen MR) is 203 cm³/mol. The standard InChI is InChI=1S/C42H36N4O9/c1-23-34(16-14-31(25(3)47)38(23)50)46-42(54)32-15-17-33(24(2)39(32)51)45-40(52)28-10-12-30(13-11-28)44-41(53)29(18-19-43)22-35(48)27-8-6-26(7-9-27)21-36(49)37-5-4-20-55-37/h4-17,20,29,50-51H,18,21-22H2,1-3H3,(H,44,53)(H,45,52)(H,46,54). The summed E-state index contributed by atoms with van der Waals surface area (Å²) in [6.07, 6.45) is 1.07. The molecule has 0 aliphatic heterocycles. The van der Waals surface area contributed by atoms with Crippen LogP contribution in [0.1, 0.15) is 88.4 Å². The Bertz CT molecular complexity index is 2340. The van der Waals surface area contributed by atoms with Crippen molar-refractivity contribution in [1.29, 1.82) is 5.26 Å². The van der Waals surface area contributed by atoms with Gasteiger partial charge in [0, 0.05) is 58.6 Å². The molecule has 1 unspecified atom stereocenters. The number of benzene rings is 4. The highest BCUT2D eigenvalue weighted by Crippen LogP contribution is 2.33. The third-order valence-electron chi connectivity index (χ3n) is 8.97. The molecule has 0 radical (unpaired) electrons. The maximum absolute atomic E-state index is 13.1. The number of carbonyl (C=O) groups excluding carboxylic acids is 6. The molecule has 1 atom stereocenters. The fraction of sp³-hybridized carbons (Fsp3) is 0.167. The number of amides is 3. The van der Waals surface area contributed by atoms with E-state index in [1.54, 1.807) is 36.4 Å². The van der Waals surface area contributed by atoms with Crippen LogP contribution in [0.3, 0.4) is 0 Å². The quantitative estimate of drug-likeness (QED) is 0.0723. The minimum Gasteiger partial charge on any atom is -0.507 e. The van der Waals surface area contributed by atoms with E-state index in [0.717, 1.165) is 0 Å². The van der Waals surface area contributed by atoms with Gasteiger partial charge < -0.3 is 30.6 Å². The lowest BCUT2D eigenvalue weighted by atomic mass is 9.94. The molecule has 0 fully saturated rings. The zero-order valence-electron chi connectivity index (χ0n) is 30.1. The summed E-state index contributed by atoms with van der Waals surface area (Å²) in [7, 11) is 0. The molecule has 5 aromatic rings. The van der Waals surface area contributed by atoms with Gasteiger partial charge in [-0.2, -0.15) is 5.26 Å². The van der Waals surface area contributed by atoms with Crippen LogP contribution in [0, 0.1) is 31.1 Å². The predicted octanol–water partition coefficient (Wildman–Crippen LogP) is 7.18. The van der Waals surface area contributed by atoms with E-state index in [1.807, 2.05) is 6.07 Å². The molecule has 3 amide bonds. The van der Waals surface area contributed by atoms with Gasteiger partial charge in [-0.1, -0.05) is 24.3 Å². The van der Waals surface area contributed by atoms with Crippen LogP contribution >= 0.6 is 0 Å². The second-order valence-corrected chi connectivity index (χ2v) is 12.8. The van der Waals surface area contributed by atoms with Crippen LogP contribution in [0.5, 0.6) is 11.5 Å². The fourth-order valence-electron chi connectivity index (χ4n) is 5.70. The van der Waals surface area contributed by atoms with E-state index >= 15 is 0 Å². The van der Waals surface area contributed by atoms with Gasteiger partial charge in [0.25, 0.3) is 11.8 Å². The smallest absolute Gasteiger partial charge is 0.259 e. The van der Waals surface area contributed by atoms with Crippen LogP contribution in [-0.2, 0) is 11.2 Å². The fourth-order valence-corrected chi connectivity index (χ4v) is 5.70. The van der Waals surface area contributed by atoms with Crippen molar-refractivity contribution in [3.05, 3.63) is 136 Å². The van der Waals surface area contributed by atoms with E-state index in [4.69, 9.17) is 4.42 Å². The molecule has 0 aliphatic carbocycles. The first-order valence-corrected chi connectivity index (χ1v) is 17.0. The highest BCUT2D eigenvalue weighted by Gasteiger charge is 2.24. The van der Waals surface area contributed by atoms with Crippen molar-refractivity contribution in [3.8, 4) is 17.6 Å². The molecule has 1 aromatic heterocycles. The summed E-state index contributed by atoms with van der Waals surface area (Å²) in [5, 5.41) is 38.5. The van der Waals surface area contributed by atoms with Crippen molar-refractivity contribution < 1.29 is 43.4 Å². The van der Waals surface area contributed by atoms with E-state index in [9.17, 15) is 44.2 Å². The molecule has 4 aromatic carbocycles. The van der Waals surface area contributed by atoms with E-state index < -0.39 is 23.6 Å². The number of ketones is 3. The van der Waals surface area contributed by atoms with Crippen molar-refractivity contribution in [2.45, 2.75) is 40.0 Å². The Morgan fingerprint density at radius 2 is 1.29 bits per heavy atom. The maximum Gasteiger partial charge on any atom is 0.259 e. The Kier molecular flexibility index (Phi) is 12.0. The van der Waals surface area contributed by atoms with Crippen molar-refractivity contribution in [2.75, 3.05) is 16.0 Å². The first kappa shape index (κ1) is 38.9. The third-order valence-corrected chi connectivity index (χ3v) is 8.97. The number of aromatic hydroxyl groups is 2. The zero-order valence-corrected chi connectivity index (χ0v) is 30.1. The van der Waals surface area contributed by atoms with Gasteiger partial charge in [0.05, 0.1) is 29.4 Å². The van der Waals surface area contributed by atoms with E-state index in [0.29, 0.717) is 16.8 Å². The van der Waals surface area contributed by atoms with Crippen molar-refractivity contribution in [3.63, 3.8) is 0 Å². The maximum atomic E-state index is 13.1. The van der Waals surface area contributed by atoms with E-state index in [-0.39, 0.29) is 93.1 Å². The van der Waals surface area contributed by atoms with Crippen LogP contribution in [0.4, 0.5) is 17.1 Å². The number of carbonyl (C=O) groups is 6. The minimum atomic E-state index is -0.954. The van der Waals surface area contributed by atoms with Gasteiger partial charge >= 0.3 is 0 Å². The lowest BCUT2D eigenvalue weighted by Crippen LogP contribution is -2.25. The average Bonchev–Trinajstić information content (AvgIpc) is 3.71. The molecule has 13 nitrogen and oxygen atoms in total. The first-order valence-electron chi connectivity index (χ1n) is 17.0. The summed E-state index contributed by atoms with van der Waals surface area (Å²) in [5.41, 5.74) is 2.54. The molecule has 5 N–H and O–H groups in total. The summed E-state index contributed by atoms with van der Waals surface area (Å²) in [5.74, 6) is -4.02. The molecule has 13 heteroatoms. The number of phenols is 2. The average molecular weight is 741 g/mol. The Labute approximate surface area is 315 Å². The van der Waals surface area contributed by atoms with Crippen LogP contribution in [0.2, 0.25) is 0 Å². The van der Waals surface area contributed by atoms with Gasteiger partial charge in [0.2, 0.25) is 11.7 Å². The van der Waals surface area contributed by atoms with Crippen LogP contribution in [0.15, 0.2) is 95.6 Å². The first-order chi connectivity index (χ1) is 26.3. The number of anilines is 3. The van der Waals surface area contributed by atoms with Crippen LogP contribution < -0.4 is 16.0 Å². The molecule has 0 saturated heterocycles. The van der Waals surface area contributed by atoms with Gasteiger partial charge in [-0.25, -0.2) is 0 Å². The SMILES string of the molecule is CC(=O)c1ccc(NC(=O)c2ccc(NC(=O)c3ccc(NC(=O)C(CC#N)CC(=O)c4ccc(CC(=O)c5ccco5)cc4)cc3)c(C)c2O)c(C)c1O. The lowest BCUT2D eigenvalue weighted by Gasteiger charge is -2.15.